The van der Waals surface area contributed by atoms with Gasteiger partial charge < -0.3 is 0 Å². The summed E-state index contributed by atoms with van der Waals surface area (Å²) in [5.41, 5.74) is 13.6. The first-order valence-electron chi connectivity index (χ1n) is 9.39. The molecule has 0 radical (unpaired) electrons. The summed E-state index contributed by atoms with van der Waals surface area (Å²) in [7, 11) is 0. The highest BCUT2D eigenvalue weighted by molar-refractivity contribution is 6.30. The van der Waals surface area contributed by atoms with Crippen molar-refractivity contribution in [2.75, 3.05) is 0 Å². The van der Waals surface area contributed by atoms with Crippen LogP contribution in [0.3, 0.4) is 0 Å². The molecule has 0 aromatic heterocycles. The maximum absolute atomic E-state index is 6.19. The minimum Gasteiger partial charge on any atom is -0.0843 e. The monoisotopic (exact) mass is 364 g/mol. The van der Waals surface area contributed by atoms with E-state index >= 15 is 0 Å². The Morgan fingerprint density at radius 3 is 1.81 bits per heavy atom. The molecule has 4 aromatic carbocycles. The van der Waals surface area contributed by atoms with Crippen molar-refractivity contribution in [3.8, 4) is 33.4 Å². The first-order valence-corrected chi connectivity index (χ1v) is 9.77. The quantitative estimate of drug-likeness (QED) is 0.290. The zero-order valence-corrected chi connectivity index (χ0v) is 15.6. The lowest BCUT2D eigenvalue weighted by atomic mass is 9.95. The fourth-order valence-electron chi connectivity index (χ4n) is 4.64. The van der Waals surface area contributed by atoms with Gasteiger partial charge >= 0.3 is 0 Å². The van der Waals surface area contributed by atoms with Crippen LogP contribution >= 0.6 is 11.6 Å². The van der Waals surface area contributed by atoms with Crippen LogP contribution in [0.25, 0.3) is 33.4 Å². The lowest BCUT2D eigenvalue weighted by Gasteiger charge is -2.09. The van der Waals surface area contributed by atoms with Crippen LogP contribution in [-0.2, 0) is 12.8 Å². The van der Waals surface area contributed by atoms with E-state index in [4.69, 9.17) is 11.6 Å². The van der Waals surface area contributed by atoms with E-state index in [0.717, 1.165) is 17.9 Å². The summed E-state index contributed by atoms with van der Waals surface area (Å²) >= 11 is 6.19. The molecule has 0 nitrogen and oxygen atoms in total. The topological polar surface area (TPSA) is 0 Å². The average molecular weight is 365 g/mol. The van der Waals surface area contributed by atoms with Crippen LogP contribution in [0.5, 0.6) is 0 Å². The summed E-state index contributed by atoms with van der Waals surface area (Å²) in [5.74, 6) is 0. The zero-order chi connectivity index (χ0) is 18.0. The molecule has 0 N–H and O–H groups in total. The minimum atomic E-state index is 0.819. The van der Waals surface area contributed by atoms with Crippen molar-refractivity contribution in [3.05, 3.63) is 106 Å². The molecule has 27 heavy (non-hydrogen) atoms. The molecule has 0 unspecified atom stereocenters. The molecule has 0 fully saturated rings. The van der Waals surface area contributed by atoms with Gasteiger partial charge in [-0.2, -0.15) is 0 Å². The maximum atomic E-state index is 6.19. The van der Waals surface area contributed by atoms with Gasteiger partial charge in [0.05, 0.1) is 0 Å². The number of benzene rings is 4. The van der Waals surface area contributed by atoms with E-state index in [1.54, 1.807) is 0 Å². The predicted octanol–water partition coefficient (Wildman–Crippen LogP) is 7.15. The number of hydrogen-bond donors (Lipinski definition) is 0. The van der Waals surface area contributed by atoms with Gasteiger partial charge in [-0.15, -0.1) is 0 Å². The lowest BCUT2D eigenvalue weighted by molar-refractivity contribution is 1.26. The molecule has 2 aliphatic carbocycles. The van der Waals surface area contributed by atoms with E-state index in [0.29, 0.717) is 0 Å². The fraction of sp³-hybridized carbons (Fsp3) is 0.0769. The molecule has 0 heterocycles. The van der Waals surface area contributed by atoms with Crippen LogP contribution in [0.4, 0.5) is 0 Å². The van der Waals surface area contributed by atoms with Gasteiger partial charge in [0.1, 0.15) is 0 Å². The summed E-state index contributed by atoms with van der Waals surface area (Å²) in [4.78, 5) is 0. The third-order valence-corrected chi connectivity index (χ3v) is 6.21. The van der Waals surface area contributed by atoms with Crippen LogP contribution < -0.4 is 0 Å². The second-order valence-electron chi connectivity index (χ2n) is 7.56. The largest absolute Gasteiger partial charge is 0.0843 e. The third-order valence-electron chi connectivity index (χ3n) is 5.98. The van der Waals surface area contributed by atoms with Gasteiger partial charge in [-0.3, -0.25) is 0 Å². The van der Waals surface area contributed by atoms with Crippen molar-refractivity contribution in [2.45, 2.75) is 12.8 Å². The Bertz CT molecular complexity index is 1230. The smallest absolute Gasteiger partial charge is 0.0409 e. The summed E-state index contributed by atoms with van der Waals surface area (Å²) in [6.07, 6.45) is 2.02. The fourth-order valence-corrected chi connectivity index (χ4v) is 4.84. The van der Waals surface area contributed by atoms with E-state index in [-0.39, 0.29) is 0 Å². The summed E-state index contributed by atoms with van der Waals surface area (Å²) in [6, 6.07) is 28.8. The predicted molar refractivity (Wildman–Crippen MR) is 113 cm³/mol. The Balaban J connectivity index is 1.48. The van der Waals surface area contributed by atoms with Crippen LogP contribution in [0.2, 0.25) is 5.02 Å². The Morgan fingerprint density at radius 2 is 1.07 bits per heavy atom. The van der Waals surface area contributed by atoms with Crippen molar-refractivity contribution in [1.29, 1.82) is 0 Å². The molecule has 0 amide bonds. The summed E-state index contributed by atoms with van der Waals surface area (Å²) in [6.45, 7) is 0. The van der Waals surface area contributed by atoms with Crippen molar-refractivity contribution < 1.29 is 0 Å². The Kier molecular flexibility index (Phi) is 3.15. The van der Waals surface area contributed by atoms with Gasteiger partial charge in [0.25, 0.3) is 0 Å². The molecular formula is C26H17Cl. The van der Waals surface area contributed by atoms with Gasteiger partial charge in [-0.25, -0.2) is 0 Å². The summed E-state index contributed by atoms with van der Waals surface area (Å²) in [5, 5.41) is 0.819. The van der Waals surface area contributed by atoms with Crippen molar-refractivity contribution in [2.24, 2.45) is 0 Å². The molecular weight excluding hydrogens is 348 g/mol. The highest BCUT2D eigenvalue weighted by atomic mass is 35.5. The van der Waals surface area contributed by atoms with Crippen molar-refractivity contribution >= 4 is 11.6 Å². The van der Waals surface area contributed by atoms with E-state index in [2.05, 4.69) is 72.8 Å². The Hall–Kier alpha value is -2.83. The summed E-state index contributed by atoms with van der Waals surface area (Å²) < 4.78 is 0. The van der Waals surface area contributed by atoms with Gasteiger partial charge in [0.15, 0.2) is 0 Å². The van der Waals surface area contributed by atoms with E-state index < -0.39 is 0 Å². The molecule has 6 rings (SSSR count). The number of hydrogen-bond acceptors (Lipinski definition) is 0. The van der Waals surface area contributed by atoms with Crippen LogP contribution in [0, 0.1) is 0 Å². The van der Waals surface area contributed by atoms with Crippen molar-refractivity contribution in [1.82, 2.24) is 0 Å². The highest BCUT2D eigenvalue weighted by Crippen LogP contribution is 2.42. The number of halogens is 1. The lowest BCUT2D eigenvalue weighted by Crippen LogP contribution is -1.85. The van der Waals surface area contributed by atoms with Gasteiger partial charge in [-0.1, -0.05) is 66.2 Å². The minimum absolute atomic E-state index is 0.819. The van der Waals surface area contributed by atoms with Crippen LogP contribution in [0.15, 0.2) is 78.9 Å². The molecule has 0 saturated heterocycles. The molecule has 0 aliphatic heterocycles. The second kappa shape index (κ2) is 5.58. The van der Waals surface area contributed by atoms with E-state index in [1.807, 2.05) is 6.07 Å². The highest BCUT2D eigenvalue weighted by Gasteiger charge is 2.21. The first kappa shape index (κ1) is 15.2. The number of rotatable bonds is 1. The molecule has 1 heteroatoms. The Morgan fingerprint density at radius 1 is 0.481 bits per heavy atom. The molecule has 128 valence electrons. The van der Waals surface area contributed by atoms with Gasteiger partial charge in [0, 0.05) is 5.02 Å². The van der Waals surface area contributed by atoms with Crippen LogP contribution in [0.1, 0.15) is 22.3 Å². The molecule has 2 aliphatic rings. The molecule has 4 aromatic rings. The number of fused-ring (bicyclic) bond motifs is 6. The normalized spacial score (nSPS) is 13.1. The third kappa shape index (κ3) is 2.30. The second-order valence-corrected chi connectivity index (χ2v) is 7.99. The molecule has 0 bridgehead atoms. The van der Waals surface area contributed by atoms with Gasteiger partial charge in [-0.05, 0) is 92.7 Å². The molecule has 0 saturated carbocycles. The zero-order valence-electron chi connectivity index (χ0n) is 14.8. The standard InChI is InChI=1S/C26H17Cl/c27-22-9-10-24-21(13-22)12-20-8-6-17(15-26(20)24)16-5-7-19-11-18-3-1-2-4-23(18)25(19)14-16/h1-10,13-15H,11-12H2. The van der Waals surface area contributed by atoms with Gasteiger partial charge in [0.2, 0.25) is 0 Å². The van der Waals surface area contributed by atoms with E-state index in [1.165, 1.54) is 55.6 Å². The average Bonchev–Trinajstić information content (AvgIpc) is 3.24. The molecule has 0 atom stereocenters. The van der Waals surface area contributed by atoms with E-state index in [9.17, 15) is 0 Å². The van der Waals surface area contributed by atoms with Crippen LogP contribution in [-0.4, -0.2) is 0 Å². The molecule has 0 spiro atoms. The van der Waals surface area contributed by atoms with Crippen molar-refractivity contribution in [3.63, 3.8) is 0 Å². The Labute approximate surface area is 164 Å². The maximum Gasteiger partial charge on any atom is 0.0409 e. The first-order chi connectivity index (χ1) is 13.3. The SMILES string of the molecule is Clc1ccc2c(c1)Cc1ccc(-c3ccc4c(c3)-c3ccccc3C4)cc1-2.